The molecule has 0 fully saturated rings. The van der Waals surface area contributed by atoms with Crippen LogP contribution in [0.5, 0.6) is 5.75 Å². The van der Waals surface area contributed by atoms with Crippen LogP contribution in [0.3, 0.4) is 0 Å². The second-order valence-electron chi connectivity index (χ2n) is 6.03. The van der Waals surface area contributed by atoms with Gasteiger partial charge in [-0.15, -0.1) is 0 Å². The Bertz CT molecular complexity index is 902. The number of amides is 1. The van der Waals surface area contributed by atoms with E-state index in [-0.39, 0.29) is 11.9 Å². The first-order valence-electron chi connectivity index (χ1n) is 8.28. The van der Waals surface area contributed by atoms with Crippen molar-refractivity contribution in [2.75, 3.05) is 6.61 Å². The van der Waals surface area contributed by atoms with E-state index in [1.54, 1.807) is 6.92 Å². The highest BCUT2D eigenvalue weighted by molar-refractivity contribution is 6.01. The molecule has 5 nitrogen and oxygen atoms in total. The summed E-state index contributed by atoms with van der Waals surface area (Å²) in [7, 11) is 0. The Morgan fingerprint density at radius 3 is 2.72 bits per heavy atom. The molecule has 0 bridgehead atoms. The minimum atomic E-state index is -0.181. The summed E-state index contributed by atoms with van der Waals surface area (Å²) in [5, 5.41) is 7.19. The first kappa shape index (κ1) is 15.4. The van der Waals surface area contributed by atoms with E-state index in [1.165, 1.54) is 0 Å². The number of ether oxygens (including phenoxy) is 1. The molecule has 4 rings (SSSR count). The van der Waals surface area contributed by atoms with Gasteiger partial charge >= 0.3 is 0 Å². The van der Waals surface area contributed by atoms with Crippen LogP contribution in [0.4, 0.5) is 0 Å². The van der Waals surface area contributed by atoms with Gasteiger partial charge < -0.3 is 14.6 Å². The molecule has 0 radical (unpaired) electrons. The van der Waals surface area contributed by atoms with Crippen molar-refractivity contribution in [3.63, 3.8) is 0 Å². The highest BCUT2D eigenvalue weighted by Crippen LogP contribution is 2.32. The molecule has 2 heterocycles. The molecule has 0 aliphatic carbocycles. The molecule has 1 amide bonds. The summed E-state index contributed by atoms with van der Waals surface area (Å²) in [6.07, 6.45) is 0.730. The van der Waals surface area contributed by atoms with Crippen molar-refractivity contribution in [1.29, 1.82) is 0 Å². The van der Waals surface area contributed by atoms with Crippen molar-refractivity contribution in [2.45, 2.75) is 19.4 Å². The van der Waals surface area contributed by atoms with E-state index in [9.17, 15) is 4.79 Å². The Morgan fingerprint density at radius 1 is 1.12 bits per heavy atom. The van der Waals surface area contributed by atoms with Crippen LogP contribution in [-0.2, 0) is 0 Å². The van der Waals surface area contributed by atoms with E-state index in [2.05, 4.69) is 10.5 Å². The summed E-state index contributed by atoms with van der Waals surface area (Å²) < 4.78 is 11.0. The highest BCUT2D eigenvalue weighted by Gasteiger charge is 2.27. The van der Waals surface area contributed by atoms with Gasteiger partial charge in [0.15, 0.2) is 0 Å². The van der Waals surface area contributed by atoms with Crippen molar-refractivity contribution in [2.24, 2.45) is 0 Å². The normalized spacial score (nSPS) is 16.0. The standard InChI is InChI=1S/C20H18N2O3/c1-13-18(19(22-25-13)14-7-3-2-4-8-14)20(23)21-16-11-12-24-17-10-6-5-9-15(16)17/h2-10,16H,11-12H2,1H3,(H,21,23)/t16-/m0/s1. The van der Waals surface area contributed by atoms with Crippen molar-refractivity contribution in [1.82, 2.24) is 10.5 Å². The second kappa shape index (κ2) is 6.43. The van der Waals surface area contributed by atoms with E-state index in [0.29, 0.717) is 23.6 Å². The fourth-order valence-corrected chi connectivity index (χ4v) is 3.16. The van der Waals surface area contributed by atoms with Crippen LogP contribution in [-0.4, -0.2) is 17.7 Å². The summed E-state index contributed by atoms with van der Waals surface area (Å²) in [5.74, 6) is 1.15. The lowest BCUT2D eigenvalue weighted by Gasteiger charge is -2.26. The molecule has 5 heteroatoms. The van der Waals surface area contributed by atoms with Gasteiger partial charge in [-0.3, -0.25) is 4.79 Å². The number of para-hydroxylation sites is 1. The third kappa shape index (κ3) is 2.89. The third-order valence-electron chi connectivity index (χ3n) is 4.40. The van der Waals surface area contributed by atoms with E-state index >= 15 is 0 Å². The fourth-order valence-electron chi connectivity index (χ4n) is 3.16. The van der Waals surface area contributed by atoms with Crippen molar-refractivity contribution < 1.29 is 14.1 Å². The van der Waals surface area contributed by atoms with Crippen LogP contribution in [0, 0.1) is 6.92 Å². The number of nitrogens with one attached hydrogen (secondary N) is 1. The Kier molecular flexibility index (Phi) is 3.98. The van der Waals surface area contributed by atoms with Crippen LogP contribution in [0.15, 0.2) is 59.1 Å². The molecule has 126 valence electrons. The van der Waals surface area contributed by atoms with Gasteiger partial charge in [-0.1, -0.05) is 53.7 Å². The van der Waals surface area contributed by atoms with Gasteiger partial charge in [-0.25, -0.2) is 0 Å². The van der Waals surface area contributed by atoms with Gasteiger partial charge in [0.05, 0.1) is 12.6 Å². The predicted octanol–water partition coefficient (Wildman–Crippen LogP) is 3.90. The number of rotatable bonds is 3. The molecule has 1 aromatic heterocycles. The average molecular weight is 334 g/mol. The molecular formula is C20H18N2O3. The summed E-state index contributed by atoms with van der Waals surface area (Å²) in [5.41, 5.74) is 2.90. The lowest BCUT2D eigenvalue weighted by Crippen LogP contribution is -2.32. The van der Waals surface area contributed by atoms with Crippen molar-refractivity contribution in [3.8, 4) is 17.0 Å². The number of aromatic nitrogens is 1. The molecule has 1 aliphatic heterocycles. The zero-order valence-corrected chi connectivity index (χ0v) is 13.9. The molecular weight excluding hydrogens is 316 g/mol. The van der Waals surface area contributed by atoms with E-state index < -0.39 is 0 Å². The van der Waals surface area contributed by atoms with Gasteiger partial charge in [0, 0.05) is 17.5 Å². The molecule has 0 unspecified atom stereocenters. The molecule has 1 aliphatic rings. The number of hydrogen-bond donors (Lipinski definition) is 1. The minimum absolute atomic E-state index is 0.0876. The molecule has 1 atom stereocenters. The van der Waals surface area contributed by atoms with Crippen molar-refractivity contribution in [3.05, 3.63) is 71.5 Å². The summed E-state index contributed by atoms with van der Waals surface area (Å²) in [6, 6.07) is 17.3. The minimum Gasteiger partial charge on any atom is -0.493 e. The Labute approximate surface area is 145 Å². The monoisotopic (exact) mass is 334 g/mol. The Balaban J connectivity index is 1.64. The lowest BCUT2D eigenvalue weighted by molar-refractivity contribution is 0.0924. The quantitative estimate of drug-likeness (QED) is 0.789. The maximum Gasteiger partial charge on any atom is 0.257 e. The first-order valence-corrected chi connectivity index (χ1v) is 8.28. The second-order valence-corrected chi connectivity index (χ2v) is 6.03. The SMILES string of the molecule is Cc1onc(-c2ccccc2)c1C(=O)N[C@H]1CCOc2ccccc21. The Morgan fingerprint density at radius 2 is 1.88 bits per heavy atom. The first-order chi connectivity index (χ1) is 12.2. The van der Waals surface area contributed by atoms with E-state index in [1.807, 2.05) is 54.6 Å². The van der Waals surface area contributed by atoms with E-state index in [4.69, 9.17) is 9.26 Å². The van der Waals surface area contributed by atoms with Crippen LogP contribution in [0.1, 0.15) is 34.1 Å². The summed E-state index contributed by atoms with van der Waals surface area (Å²) in [4.78, 5) is 12.9. The molecule has 0 saturated heterocycles. The van der Waals surface area contributed by atoms with E-state index in [0.717, 1.165) is 23.3 Å². The molecule has 2 aromatic carbocycles. The summed E-state index contributed by atoms with van der Waals surface area (Å²) in [6.45, 7) is 2.34. The highest BCUT2D eigenvalue weighted by atomic mass is 16.5. The topological polar surface area (TPSA) is 64.4 Å². The number of carbonyl (C=O) groups excluding carboxylic acids is 1. The number of hydrogen-bond acceptors (Lipinski definition) is 4. The molecule has 3 aromatic rings. The van der Waals surface area contributed by atoms with Crippen LogP contribution in [0.25, 0.3) is 11.3 Å². The number of benzene rings is 2. The molecule has 0 spiro atoms. The van der Waals surface area contributed by atoms with Gasteiger partial charge in [0.1, 0.15) is 22.8 Å². The molecule has 1 N–H and O–H groups in total. The zero-order chi connectivity index (χ0) is 17.2. The zero-order valence-electron chi connectivity index (χ0n) is 13.9. The van der Waals surface area contributed by atoms with Crippen LogP contribution in [0.2, 0.25) is 0 Å². The van der Waals surface area contributed by atoms with Crippen molar-refractivity contribution >= 4 is 5.91 Å². The van der Waals surface area contributed by atoms with Gasteiger partial charge in [0.25, 0.3) is 5.91 Å². The molecule has 0 saturated carbocycles. The Hall–Kier alpha value is -3.08. The molecule has 25 heavy (non-hydrogen) atoms. The maximum atomic E-state index is 12.9. The third-order valence-corrected chi connectivity index (χ3v) is 4.40. The maximum absolute atomic E-state index is 12.9. The summed E-state index contributed by atoms with van der Waals surface area (Å²) >= 11 is 0. The fraction of sp³-hybridized carbons (Fsp3) is 0.200. The number of fused-ring (bicyclic) bond motifs is 1. The van der Waals surface area contributed by atoms with Gasteiger partial charge in [-0.2, -0.15) is 0 Å². The number of nitrogens with zero attached hydrogens (tertiary/aromatic N) is 1. The number of aryl methyl sites for hydroxylation is 1. The van der Waals surface area contributed by atoms with Gasteiger partial charge in [-0.05, 0) is 13.0 Å². The van der Waals surface area contributed by atoms with Crippen LogP contribution >= 0.6 is 0 Å². The van der Waals surface area contributed by atoms with Crippen LogP contribution < -0.4 is 10.1 Å². The smallest absolute Gasteiger partial charge is 0.257 e. The predicted molar refractivity (Wildman–Crippen MR) is 93.4 cm³/mol. The average Bonchev–Trinajstić information content (AvgIpc) is 3.04. The largest absolute Gasteiger partial charge is 0.493 e. The lowest BCUT2D eigenvalue weighted by atomic mass is 9.99. The number of carbonyl (C=O) groups is 1. The van der Waals surface area contributed by atoms with Gasteiger partial charge in [0.2, 0.25) is 0 Å².